The number of aromatic hydroxyl groups is 2. The maximum Gasteiger partial charge on any atom is 0.204 e. The fraction of sp³-hybridized carbons (Fsp3) is 0.133. The number of ketones is 1. The molecular weight excluding hydrogens is 244 g/mol. The van der Waals surface area contributed by atoms with Crippen molar-refractivity contribution in [2.45, 2.75) is 6.92 Å². The Labute approximate surface area is 110 Å². The number of phenols is 2. The van der Waals surface area contributed by atoms with Gasteiger partial charge in [-0.3, -0.25) is 4.79 Å². The highest BCUT2D eigenvalue weighted by atomic mass is 16.5. The molecule has 2 aromatic carbocycles. The van der Waals surface area contributed by atoms with E-state index in [1.54, 1.807) is 19.1 Å². The van der Waals surface area contributed by atoms with Gasteiger partial charge in [0, 0.05) is 6.07 Å². The van der Waals surface area contributed by atoms with E-state index in [0.29, 0.717) is 11.3 Å². The third-order valence-electron chi connectivity index (χ3n) is 2.69. The number of benzene rings is 2. The van der Waals surface area contributed by atoms with Crippen molar-refractivity contribution in [3.05, 3.63) is 53.6 Å². The van der Waals surface area contributed by atoms with Crippen LogP contribution < -0.4 is 4.74 Å². The van der Waals surface area contributed by atoms with Gasteiger partial charge in [0.15, 0.2) is 6.61 Å². The van der Waals surface area contributed by atoms with Crippen LogP contribution in [-0.4, -0.2) is 22.6 Å². The zero-order chi connectivity index (χ0) is 13.8. The minimum absolute atomic E-state index is 0.0736. The SMILES string of the molecule is Cc1cc(O)cc(O)c1C(=O)COc1ccccc1. The summed E-state index contributed by atoms with van der Waals surface area (Å²) in [7, 11) is 0. The van der Waals surface area contributed by atoms with Gasteiger partial charge in [-0.05, 0) is 30.7 Å². The molecule has 0 radical (unpaired) electrons. The lowest BCUT2D eigenvalue weighted by atomic mass is 10.0. The minimum Gasteiger partial charge on any atom is -0.508 e. The molecule has 0 bridgehead atoms. The Bertz CT molecular complexity index is 567. The van der Waals surface area contributed by atoms with E-state index in [-0.39, 0.29) is 29.5 Å². The largest absolute Gasteiger partial charge is 0.508 e. The number of hydrogen-bond donors (Lipinski definition) is 2. The number of carbonyl (C=O) groups excluding carboxylic acids is 1. The Morgan fingerprint density at radius 3 is 2.47 bits per heavy atom. The molecule has 0 aliphatic rings. The highest BCUT2D eigenvalue weighted by Crippen LogP contribution is 2.27. The Morgan fingerprint density at radius 2 is 1.84 bits per heavy atom. The van der Waals surface area contributed by atoms with Gasteiger partial charge in [0.1, 0.15) is 17.2 Å². The average molecular weight is 258 g/mol. The molecule has 98 valence electrons. The maximum atomic E-state index is 12.0. The minimum atomic E-state index is -0.334. The van der Waals surface area contributed by atoms with Gasteiger partial charge in [-0.2, -0.15) is 0 Å². The molecule has 0 atom stereocenters. The van der Waals surface area contributed by atoms with Gasteiger partial charge in [-0.25, -0.2) is 0 Å². The van der Waals surface area contributed by atoms with Crippen molar-refractivity contribution in [2.24, 2.45) is 0 Å². The molecule has 4 nitrogen and oxygen atoms in total. The Balaban J connectivity index is 2.13. The molecule has 0 amide bonds. The standard InChI is InChI=1S/C15H14O4/c1-10-7-11(16)8-13(17)15(10)14(18)9-19-12-5-3-2-4-6-12/h2-8,16-17H,9H2,1H3. The quantitative estimate of drug-likeness (QED) is 0.827. The first-order chi connectivity index (χ1) is 9.08. The molecule has 0 saturated heterocycles. The summed E-state index contributed by atoms with van der Waals surface area (Å²) in [5, 5.41) is 19.0. The van der Waals surface area contributed by atoms with E-state index in [1.807, 2.05) is 18.2 Å². The second-order valence-corrected chi connectivity index (χ2v) is 4.18. The second kappa shape index (κ2) is 5.44. The average Bonchev–Trinajstić information content (AvgIpc) is 2.36. The van der Waals surface area contributed by atoms with Gasteiger partial charge in [0.05, 0.1) is 5.56 Å². The van der Waals surface area contributed by atoms with Crippen molar-refractivity contribution >= 4 is 5.78 Å². The molecule has 19 heavy (non-hydrogen) atoms. The molecule has 4 heteroatoms. The van der Waals surface area contributed by atoms with Gasteiger partial charge in [-0.1, -0.05) is 18.2 Å². The topological polar surface area (TPSA) is 66.8 Å². The van der Waals surface area contributed by atoms with E-state index in [9.17, 15) is 15.0 Å². The van der Waals surface area contributed by atoms with Gasteiger partial charge < -0.3 is 14.9 Å². The molecule has 0 heterocycles. The maximum absolute atomic E-state index is 12.0. The molecule has 0 aliphatic heterocycles. The van der Waals surface area contributed by atoms with Crippen molar-refractivity contribution in [3.63, 3.8) is 0 Å². The second-order valence-electron chi connectivity index (χ2n) is 4.18. The van der Waals surface area contributed by atoms with Crippen LogP contribution in [0.15, 0.2) is 42.5 Å². The molecule has 0 aromatic heterocycles. The lowest BCUT2D eigenvalue weighted by molar-refractivity contribution is 0.0918. The predicted octanol–water partition coefficient (Wildman–Crippen LogP) is 2.67. The van der Waals surface area contributed by atoms with E-state index in [4.69, 9.17) is 4.74 Å². The van der Waals surface area contributed by atoms with Gasteiger partial charge in [-0.15, -0.1) is 0 Å². The van der Waals surface area contributed by atoms with Crippen LogP contribution in [0, 0.1) is 6.92 Å². The number of rotatable bonds is 4. The van der Waals surface area contributed by atoms with E-state index in [0.717, 1.165) is 6.07 Å². The summed E-state index contributed by atoms with van der Waals surface area (Å²) in [4.78, 5) is 12.0. The van der Waals surface area contributed by atoms with E-state index >= 15 is 0 Å². The van der Waals surface area contributed by atoms with Crippen LogP contribution in [0.25, 0.3) is 0 Å². The van der Waals surface area contributed by atoms with E-state index < -0.39 is 0 Å². The Kier molecular flexibility index (Phi) is 3.71. The van der Waals surface area contributed by atoms with Crippen molar-refractivity contribution in [1.82, 2.24) is 0 Å². The third kappa shape index (κ3) is 3.04. The molecule has 0 spiro atoms. The van der Waals surface area contributed by atoms with Gasteiger partial charge >= 0.3 is 0 Å². The number of aryl methyl sites for hydroxylation is 1. The van der Waals surface area contributed by atoms with Crippen molar-refractivity contribution < 1.29 is 19.7 Å². The molecule has 0 fully saturated rings. The van der Waals surface area contributed by atoms with Crippen LogP contribution in [0.2, 0.25) is 0 Å². The van der Waals surface area contributed by atoms with Crippen LogP contribution >= 0.6 is 0 Å². The van der Waals surface area contributed by atoms with Crippen LogP contribution in [0.5, 0.6) is 17.2 Å². The number of phenolic OH excluding ortho intramolecular Hbond substituents is 2. The van der Waals surface area contributed by atoms with Crippen molar-refractivity contribution in [3.8, 4) is 17.2 Å². The summed E-state index contributed by atoms with van der Waals surface area (Å²) in [6, 6.07) is 11.5. The van der Waals surface area contributed by atoms with Crippen molar-refractivity contribution in [2.75, 3.05) is 6.61 Å². The summed E-state index contributed by atoms with van der Waals surface area (Å²) < 4.78 is 5.34. The molecule has 2 rings (SSSR count). The van der Waals surface area contributed by atoms with Gasteiger partial charge in [0.25, 0.3) is 0 Å². The summed E-state index contributed by atoms with van der Waals surface area (Å²) >= 11 is 0. The smallest absolute Gasteiger partial charge is 0.204 e. The lowest BCUT2D eigenvalue weighted by Crippen LogP contribution is -2.13. The summed E-state index contributed by atoms with van der Waals surface area (Å²) in [5.74, 6) is -0.0553. The molecule has 0 aliphatic carbocycles. The predicted molar refractivity (Wildman–Crippen MR) is 70.8 cm³/mol. The highest BCUT2D eigenvalue weighted by Gasteiger charge is 2.16. The molecule has 2 aromatic rings. The fourth-order valence-corrected chi connectivity index (χ4v) is 1.85. The van der Waals surface area contributed by atoms with E-state index in [1.165, 1.54) is 6.07 Å². The first-order valence-corrected chi connectivity index (χ1v) is 5.81. The lowest BCUT2D eigenvalue weighted by Gasteiger charge is -2.09. The zero-order valence-corrected chi connectivity index (χ0v) is 10.5. The molecule has 0 saturated carbocycles. The fourth-order valence-electron chi connectivity index (χ4n) is 1.85. The molecular formula is C15H14O4. The van der Waals surface area contributed by atoms with Crippen LogP contribution in [0.4, 0.5) is 0 Å². The van der Waals surface area contributed by atoms with E-state index in [2.05, 4.69) is 0 Å². The monoisotopic (exact) mass is 258 g/mol. The Morgan fingerprint density at radius 1 is 1.16 bits per heavy atom. The first kappa shape index (κ1) is 13.0. The van der Waals surface area contributed by atoms with Crippen molar-refractivity contribution in [1.29, 1.82) is 0 Å². The summed E-state index contributed by atoms with van der Waals surface area (Å²) in [5.41, 5.74) is 0.688. The highest BCUT2D eigenvalue weighted by molar-refractivity contribution is 6.01. The number of para-hydroxylation sites is 1. The van der Waals surface area contributed by atoms with Gasteiger partial charge in [0.2, 0.25) is 5.78 Å². The Hall–Kier alpha value is -2.49. The number of hydrogen-bond acceptors (Lipinski definition) is 4. The normalized spacial score (nSPS) is 10.2. The summed E-state index contributed by atoms with van der Waals surface area (Å²) in [6.45, 7) is 1.48. The summed E-state index contributed by atoms with van der Waals surface area (Å²) in [6.07, 6.45) is 0. The molecule has 2 N–H and O–H groups in total. The third-order valence-corrected chi connectivity index (χ3v) is 2.69. The first-order valence-electron chi connectivity index (χ1n) is 5.81. The number of Topliss-reactive ketones (excluding diaryl/α,β-unsaturated/α-hetero) is 1. The van der Waals surface area contributed by atoms with Crippen LogP contribution in [0.1, 0.15) is 15.9 Å². The number of carbonyl (C=O) groups is 1. The van der Waals surface area contributed by atoms with Crippen LogP contribution in [-0.2, 0) is 0 Å². The zero-order valence-electron chi connectivity index (χ0n) is 10.5. The van der Waals surface area contributed by atoms with Crippen LogP contribution in [0.3, 0.4) is 0 Å². The molecule has 0 unspecified atom stereocenters. The number of ether oxygens (including phenoxy) is 1.